The molecule has 0 aromatic heterocycles. The van der Waals surface area contributed by atoms with Gasteiger partial charge in [0.25, 0.3) is 5.91 Å². The number of hydrogen-bond acceptors (Lipinski definition) is 3. The van der Waals surface area contributed by atoms with E-state index in [2.05, 4.69) is 16.0 Å². The third-order valence-electron chi connectivity index (χ3n) is 3.31. The summed E-state index contributed by atoms with van der Waals surface area (Å²) in [5, 5.41) is 9.24. The number of nitrogens with one attached hydrogen (secondary N) is 3. The average molecular weight is 354 g/mol. The zero-order chi connectivity index (χ0) is 18.3. The second-order valence-corrected chi connectivity index (χ2v) is 7.56. The van der Waals surface area contributed by atoms with E-state index in [0.717, 1.165) is 6.54 Å². The number of likely N-dealkylation sites (N-methyl/N-ethyl adjacent to an activating group) is 1. The molecule has 1 rings (SSSR count). The van der Waals surface area contributed by atoms with Gasteiger partial charge in [-0.3, -0.25) is 9.59 Å². The lowest BCUT2D eigenvalue weighted by Gasteiger charge is -2.18. The fourth-order valence-corrected chi connectivity index (χ4v) is 2.43. The predicted octanol–water partition coefficient (Wildman–Crippen LogP) is 3.44. The molecular weight excluding hydrogens is 326 g/mol. The fraction of sp³-hybridized carbons (Fsp3) is 0.556. The number of anilines is 1. The van der Waals surface area contributed by atoms with Gasteiger partial charge in [-0.15, -0.1) is 0 Å². The standard InChI is InChI=1S/C18H28ClN3O2/c1-6-20-12(2)11-21-17(24)14-9-13(7-8-15(14)19)22-16(23)10-18(3,4)5/h7-9,12,20H,6,10-11H2,1-5H3,(H,21,24)(H,22,23)/t12-/m1/s1. The molecule has 1 atom stereocenters. The molecule has 6 heteroatoms. The van der Waals surface area contributed by atoms with Gasteiger partial charge in [-0.05, 0) is 37.1 Å². The maximum atomic E-state index is 12.3. The minimum Gasteiger partial charge on any atom is -0.350 e. The van der Waals surface area contributed by atoms with Crippen LogP contribution < -0.4 is 16.0 Å². The SMILES string of the molecule is CCN[C@H](C)CNC(=O)c1cc(NC(=O)CC(C)(C)C)ccc1Cl. The lowest BCUT2D eigenvalue weighted by Crippen LogP contribution is -2.38. The first-order valence-corrected chi connectivity index (χ1v) is 8.61. The second kappa shape index (κ2) is 9.04. The van der Waals surface area contributed by atoms with E-state index in [1.165, 1.54) is 0 Å². The predicted molar refractivity (Wildman–Crippen MR) is 99.6 cm³/mol. The van der Waals surface area contributed by atoms with Crippen molar-refractivity contribution in [2.75, 3.05) is 18.4 Å². The highest BCUT2D eigenvalue weighted by Crippen LogP contribution is 2.23. The molecular formula is C18H28ClN3O2. The average Bonchev–Trinajstić information content (AvgIpc) is 2.45. The molecule has 3 N–H and O–H groups in total. The lowest BCUT2D eigenvalue weighted by atomic mass is 9.92. The molecule has 5 nitrogen and oxygen atoms in total. The quantitative estimate of drug-likeness (QED) is 0.703. The molecule has 24 heavy (non-hydrogen) atoms. The smallest absolute Gasteiger partial charge is 0.252 e. The highest BCUT2D eigenvalue weighted by molar-refractivity contribution is 6.34. The molecule has 0 radical (unpaired) electrons. The molecule has 0 aliphatic carbocycles. The monoisotopic (exact) mass is 353 g/mol. The largest absolute Gasteiger partial charge is 0.350 e. The Bertz CT molecular complexity index is 582. The van der Waals surface area contributed by atoms with Gasteiger partial charge < -0.3 is 16.0 Å². The van der Waals surface area contributed by atoms with E-state index in [4.69, 9.17) is 11.6 Å². The van der Waals surface area contributed by atoms with Gasteiger partial charge in [0, 0.05) is 24.7 Å². The van der Waals surface area contributed by atoms with Crippen molar-refractivity contribution in [2.24, 2.45) is 5.41 Å². The topological polar surface area (TPSA) is 70.2 Å². The number of halogens is 1. The van der Waals surface area contributed by atoms with Crippen LogP contribution in [0.3, 0.4) is 0 Å². The zero-order valence-electron chi connectivity index (χ0n) is 15.1. The summed E-state index contributed by atoms with van der Waals surface area (Å²) in [4.78, 5) is 24.3. The van der Waals surface area contributed by atoms with Gasteiger partial charge >= 0.3 is 0 Å². The normalized spacial score (nSPS) is 12.6. The number of carbonyl (C=O) groups excluding carboxylic acids is 2. The van der Waals surface area contributed by atoms with Crippen LogP contribution in [0.4, 0.5) is 5.69 Å². The molecule has 134 valence electrons. The fourth-order valence-electron chi connectivity index (χ4n) is 2.23. The van der Waals surface area contributed by atoms with Crippen LogP contribution in [0.15, 0.2) is 18.2 Å². The molecule has 1 aromatic carbocycles. The van der Waals surface area contributed by atoms with Gasteiger partial charge in [-0.25, -0.2) is 0 Å². The molecule has 0 heterocycles. The summed E-state index contributed by atoms with van der Waals surface area (Å²) >= 11 is 6.12. The van der Waals surface area contributed by atoms with E-state index in [0.29, 0.717) is 29.2 Å². The highest BCUT2D eigenvalue weighted by atomic mass is 35.5. The van der Waals surface area contributed by atoms with Crippen LogP contribution in [0.25, 0.3) is 0 Å². The molecule has 0 saturated heterocycles. The minimum atomic E-state index is -0.253. The Kier molecular flexibility index (Phi) is 7.70. The molecule has 0 bridgehead atoms. The van der Waals surface area contributed by atoms with Gasteiger partial charge in [0.2, 0.25) is 5.91 Å². The summed E-state index contributed by atoms with van der Waals surface area (Å²) in [6, 6.07) is 5.10. The third-order valence-corrected chi connectivity index (χ3v) is 3.64. The number of rotatable bonds is 7. The molecule has 0 fully saturated rings. The molecule has 0 aliphatic rings. The third kappa shape index (κ3) is 7.32. The molecule has 2 amide bonds. The summed E-state index contributed by atoms with van der Waals surface area (Å²) in [6.07, 6.45) is 0.400. The second-order valence-electron chi connectivity index (χ2n) is 7.15. The van der Waals surface area contributed by atoms with Crippen molar-refractivity contribution >= 4 is 29.1 Å². The Labute approximate surface area is 149 Å². The number of amides is 2. The van der Waals surface area contributed by atoms with E-state index in [1.807, 2.05) is 34.6 Å². The van der Waals surface area contributed by atoms with Crippen LogP contribution in [0.2, 0.25) is 5.02 Å². The minimum absolute atomic E-state index is 0.0862. The van der Waals surface area contributed by atoms with Crippen molar-refractivity contribution < 1.29 is 9.59 Å². The zero-order valence-corrected chi connectivity index (χ0v) is 15.9. The van der Waals surface area contributed by atoms with Crippen LogP contribution in [-0.4, -0.2) is 30.9 Å². The molecule has 0 spiro atoms. The summed E-state index contributed by atoms with van der Waals surface area (Å²) in [7, 11) is 0. The summed E-state index contributed by atoms with van der Waals surface area (Å²) in [5.41, 5.74) is 0.825. The van der Waals surface area contributed by atoms with Crippen LogP contribution in [0.5, 0.6) is 0 Å². The van der Waals surface area contributed by atoms with Crippen LogP contribution in [0.1, 0.15) is 51.4 Å². The Morgan fingerprint density at radius 3 is 2.50 bits per heavy atom. The molecule has 1 aromatic rings. The van der Waals surface area contributed by atoms with Gasteiger partial charge in [-0.2, -0.15) is 0 Å². The molecule has 0 aliphatic heterocycles. The summed E-state index contributed by atoms with van der Waals surface area (Å²) in [6.45, 7) is 11.3. The first-order valence-electron chi connectivity index (χ1n) is 8.23. The van der Waals surface area contributed by atoms with Crippen LogP contribution in [0, 0.1) is 5.41 Å². The lowest BCUT2D eigenvalue weighted by molar-refractivity contribution is -0.117. The maximum Gasteiger partial charge on any atom is 0.252 e. The van der Waals surface area contributed by atoms with E-state index < -0.39 is 0 Å². The first-order chi connectivity index (χ1) is 11.1. The first kappa shape index (κ1) is 20.5. The summed E-state index contributed by atoms with van der Waals surface area (Å²) in [5.74, 6) is -0.339. The van der Waals surface area contributed by atoms with E-state index in [-0.39, 0.29) is 23.3 Å². The van der Waals surface area contributed by atoms with Gasteiger partial charge in [0.1, 0.15) is 0 Å². The number of hydrogen-bond donors (Lipinski definition) is 3. The highest BCUT2D eigenvalue weighted by Gasteiger charge is 2.17. The Hall–Kier alpha value is -1.59. The number of benzene rings is 1. The van der Waals surface area contributed by atoms with Crippen LogP contribution in [-0.2, 0) is 4.79 Å². The van der Waals surface area contributed by atoms with E-state index in [9.17, 15) is 9.59 Å². The molecule has 0 saturated carbocycles. The Morgan fingerprint density at radius 2 is 1.92 bits per heavy atom. The van der Waals surface area contributed by atoms with Crippen molar-refractivity contribution in [3.8, 4) is 0 Å². The van der Waals surface area contributed by atoms with Gasteiger partial charge in [0.15, 0.2) is 0 Å². The van der Waals surface area contributed by atoms with Crippen molar-refractivity contribution in [3.63, 3.8) is 0 Å². The van der Waals surface area contributed by atoms with Crippen molar-refractivity contribution in [1.82, 2.24) is 10.6 Å². The van der Waals surface area contributed by atoms with Crippen LogP contribution >= 0.6 is 11.6 Å². The Balaban J connectivity index is 2.75. The summed E-state index contributed by atoms with van der Waals surface area (Å²) < 4.78 is 0. The Morgan fingerprint density at radius 1 is 1.25 bits per heavy atom. The number of carbonyl (C=O) groups is 2. The van der Waals surface area contributed by atoms with Crippen molar-refractivity contribution in [1.29, 1.82) is 0 Å². The van der Waals surface area contributed by atoms with Gasteiger partial charge in [-0.1, -0.05) is 39.3 Å². The van der Waals surface area contributed by atoms with Crippen molar-refractivity contribution in [3.05, 3.63) is 28.8 Å². The van der Waals surface area contributed by atoms with E-state index in [1.54, 1.807) is 18.2 Å². The van der Waals surface area contributed by atoms with Crippen molar-refractivity contribution in [2.45, 2.75) is 47.1 Å². The van der Waals surface area contributed by atoms with Gasteiger partial charge in [0.05, 0.1) is 10.6 Å². The van der Waals surface area contributed by atoms with E-state index >= 15 is 0 Å². The molecule has 0 unspecified atom stereocenters. The maximum absolute atomic E-state index is 12.3.